The van der Waals surface area contributed by atoms with E-state index in [1.807, 2.05) is 7.05 Å². The van der Waals surface area contributed by atoms with Gasteiger partial charge in [0.1, 0.15) is 11.8 Å². The van der Waals surface area contributed by atoms with Gasteiger partial charge >= 0.3 is 0 Å². The predicted octanol–water partition coefficient (Wildman–Crippen LogP) is 3.05. The third-order valence-corrected chi connectivity index (χ3v) is 2.72. The summed E-state index contributed by atoms with van der Waals surface area (Å²) in [5, 5.41) is 4.25. The Morgan fingerprint density at radius 3 is 3.00 bits per heavy atom. The number of benzene rings is 1. The molecule has 0 amide bonds. The number of nitrogens with one attached hydrogen (secondary N) is 1. The monoisotopic (exact) mass is 219 g/mol. The van der Waals surface area contributed by atoms with E-state index in [0.29, 0.717) is 0 Å². The average molecular weight is 219 g/mol. The molecule has 0 saturated carbocycles. The molecule has 0 bridgehead atoms. The summed E-state index contributed by atoms with van der Waals surface area (Å²) in [6, 6.07) is 6.35. The molecule has 2 rings (SSSR count). The third-order valence-electron chi connectivity index (χ3n) is 2.72. The number of methoxy groups -OCH3 is 1. The Bertz CT molecular complexity index is 462. The van der Waals surface area contributed by atoms with Gasteiger partial charge in [-0.1, -0.05) is 6.07 Å². The highest BCUT2D eigenvalue weighted by Gasteiger charge is 2.04. The molecular formula is C13H17NO2. The lowest BCUT2D eigenvalue weighted by Gasteiger charge is -2.01. The summed E-state index contributed by atoms with van der Waals surface area (Å²) in [5.74, 6) is 0. The van der Waals surface area contributed by atoms with E-state index in [-0.39, 0.29) is 0 Å². The maximum atomic E-state index is 5.49. The zero-order valence-corrected chi connectivity index (χ0v) is 9.75. The normalized spacial score (nSPS) is 10.9. The maximum absolute atomic E-state index is 5.49. The van der Waals surface area contributed by atoms with E-state index in [1.165, 1.54) is 5.56 Å². The van der Waals surface area contributed by atoms with Crippen molar-refractivity contribution in [1.82, 2.24) is 0 Å². The Morgan fingerprint density at radius 1 is 1.38 bits per heavy atom. The SMILES string of the molecule is CNc1coc2cc(CCCOC)ccc12. The van der Waals surface area contributed by atoms with Crippen LogP contribution >= 0.6 is 0 Å². The summed E-state index contributed by atoms with van der Waals surface area (Å²) in [6.45, 7) is 0.804. The van der Waals surface area contributed by atoms with Crippen molar-refractivity contribution in [1.29, 1.82) is 0 Å². The Hall–Kier alpha value is -1.48. The lowest BCUT2D eigenvalue weighted by molar-refractivity contribution is 0.195. The highest BCUT2D eigenvalue weighted by molar-refractivity contribution is 5.90. The van der Waals surface area contributed by atoms with Gasteiger partial charge in [-0.25, -0.2) is 0 Å². The van der Waals surface area contributed by atoms with Gasteiger partial charge in [0.2, 0.25) is 0 Å². The van der Waals surface area contributed by atoms with Gasteiger partial charge in [-0.15, -0.1) is 0 Å². The van der Waals surface area contributed by atoms with Gasteiger partial charge in [0.05, 0.1) is 5.69 Å². The first-order valence-corrected chi connectivity index (χ1v) is 5.52. The molecule has 1 aromatic carbocycles. The molecule has 0 fully saturated rings. The lowest BCUT2D eigenvalue weighted by Crippen LogP contribution is -1.92. The van der Waals surface area contributed by atoms with Crippen molar-refractivity contribution in [3.63, 3.8) is 0 Å². The molecule has 0 aliphatic carbocycles. The Balaban J connectivity index is 2.17. The number of fused-ring (bicyclic) bond motifs is 1. The van der Waals surface area contributed by atoms with E-state index >= 15 is 0 Å². The second-order valence-electron chi connectivity index (χ2n) is 3.83. The van der Waals surface area contributed by atoms with Gasteiger partial charge in [0.25, 0.3) is 0 Å². The zero-order chi connectivity index (χ0) is 11.4. The molecule has 1 aromatic heterocycles. The molecule has 1 N–H and O–H groups in total. The van der Waals surface area contributed by atoms with Gasteiger partial charge in [0.15, 0.2) is 0 Å². The molecule has 3 heteroatoms. The molecule has 0 atom stereocenters. The third kappa shape index (κ3) is 2.19. The quantitative estimate of drug-likeness (QED) is 0.785. The molecule has 0 radical (unpaired) electrons. The van der Waals surface area contributed by atoms with E-state index in [2.05, 4.69) is 23.5 Å². The number of rotatable bonds is 5. The summed E-state index contributed by atoms with van der Waals surface area (Å²) in [7, 11) is 3.63. The Morgan fingerprint density at radius 2 is 2.25 bits per heavy atom. The second kappa shape index (κ2) is 5.03. The molecule has 16 heavy (non-hydrogen) atoms. The Labute approximate surface area is 95.4 Å². The average Bonchev–Trinajstić information content (AvgIpc) is 2.71. The number of aryl methyl sites for hydroxylation is 1. The minimum absolute atomic E-state index is 0.804. The van der Waals surface area contributed by atoms with Crippen molar-refractivity contribution in [2.24, 2.45) is 0 Å². The lowest BCUT2D eigenvalue weighted by atomic mass is 10.1. The highest BCUT2D eigenvalue weighted by Crippen LogP contribution is 2.26. The van der Waals surface area contributed by atoms with Crippen molar-refractivity contribution in [2.75, 3.05) is 26.1 Å². The molecule has 0 spiro atoms. The van der Waals surface area contributed by atoms with Gasteiger partial charge in [-0.05, 0) is 30.5 Å². The van der Waals surface area contributed by atoms with E-state index in [9.17, 15) is 0 Å². The van der Waals surface area contributed by atoms with Crippen LogP contribution in [0.3, 0.4) is 0 Å². The number of ether oxygens (including phenoxy) is 1. The van der Waals surface area contributed by atoms with Crippen LogP contribution in [0.5, 0.6) is 0 Å². The van der Waals surface area contributed by atoms with Crippen LogP contribution in [0.25, 0.3) is 11.0 Å². The molecular weight excluding hydrogens is 202 g/mol. The topological polar surface area (TPSA) is 34.4 Å². The zero-order valence-electron chi connectivity index (χ0n) is 9.75. The van der Waals surface area contributed by atoms with Crippen molar-refractivity contribution in [3.05, 3.63) is 30.0 Å². The Kier molecular flexibility index (Phi) is 3.47. The smallest absolute Gasteiger partial charge is 0.136 e. The number of hydrogen-bond acceptors (Lipinski definition) is 3. The molecule has 3 nitrogen and oxygen atoms in total. The van der Waals surface area contributed by atoms with Gasteiger partial charge < -0.3 is 14.5 Å². The van der Waals surface area contributed by atoms with Crippen LogP contribution in [0.1, 0.15) is 12.0 Å². The van der Waals surface area contributed by atoms with Gasteiger partial charge in [0, 0.05) is 26.2 Å². The van der Waals surface area contributed by atoms with E-state index in [4.69, 9.17) is 9.15 Å². The van der Waals surface area contributed by atoms with E-state index in [1.54, 1.807) is 13.4 Å². The van der Waals surface area contributed by atoms with Gasteiger partial charge in [-0.2, -0.15) is 0 Å². The molecule has 0 saturated heterocycles. The molecule has 2 aromatic rings. The predicted molar refractivity (Wildman–Crippen MR) is 66.0 cm³/mol. The van der Waals surface area contributed by atoms with Crippen molar-refractivity contribution < 1.29 is 9.15 Å². The summed E-state index contributed by atoms with van der Waals surface area (Å²) in [6.07, 6.45) is 3.82. The van der Waals surface area contributed by atoms with Crippen molar-refractivity contribution >= 4 is 16.7 Å². The number of hydrogen-bond donors (Lipinski definition) is 1. The van der Waals surface area contributed by atoms with Crippen LogP contribution in [-0.2, 0) is 11.2 Å². The molecule has 0 aliphatic rings. The summed E-state index contributed by atoms with van der Waals surface area (Å²) in [5.41, 5.74) is 3.28. The first-order chi connectivity index (χ1) is 7.85. The van der Waals surface area contributed by atoms with Crippen LogP contribution in [0, 0.1) is 0 Å². The fourth-order valence-electron chi connectivity index (χ4n) is 1.84. The standard InChI is InChI=1S/C13H17NO2/c1-14-12-9-16-13-8-10(4-3-7-15-2)5-6-11(12)13/h5-6,8-9,14H,3-4,7H2,1-2H3. The summed E-state index contributed by atoms with van der Waals surface area (Å²) in [4.78, 5) is 0. The molecule has 0 aliphatic heterocycles. The molecule has 1 heterocycles. The van der Waals surface area contributed by atoms with Crippen molar-refractivity contribution in [2.45, 2.75) is 12.8 Å². The minimum Gasteiger partial charge on any atom is -0.462 e. The van der Waals surface area contributed by atoms with Crippen LogP contribution in [0.15, 0.2) is 28.9 Å². The maximum Gasteiger partial charge on any atom is 0.136 e. The minimum atomic E-state index is 0.804. The second-order valence-corrected chi connectivity index (χ2v) is 3.83. The van der Waals surface area contributed by atoms with Crippen molar-refractivity contribution in [3.8, 4) is 0 Å². The number of anilines is 1. The van der Waals surface area contributed by atoms with Crippen LogP contribution < -0.4 is 5.32 Å². The largest absolute Gasteiger partial charge is 0.462 e. The van der Waals surface area contributed by atoms with Crippen LogP contribution in [0.4, 0.5) is 5.69 Å². The first-order valence-electron chi connectivity index (χ1n) is 5.52. The van der Waals surface area contributed by atoms with Crippen LogP contribution in [-0.4, -0.2) is 20.8 Å². The molecule has 86 valence electrons. The summed E-state index contributed by atoms with van der Waals surface area (Å²) < 4.78 is 10.5. The highest BCUT2D eigenvalue weighted by atomic mass is 16.5. The fraction of sp³-hybridized carbons (Fsp3) is 0.385. The first kappa shape index (κ1) is 11.0. The van der Waals surface area contributed by atoms with E-state index in [0.717, 1.165) is 36.1 Å². The van der Waals surface area contributed by atoms with E-state index < -0.39 is 0 Å². The van der Waals surface area contributed by atoms with Crippen LogP contribution in [0.2, 0.25) is 0 Å². The van der Waals surface area contributed by atoms with Gasteiger partial charge in [-0.3, -0.25) is 0 Å². The fourth-order valence-corrected chi connectivity index (χ4v) is 1.84. The summed E-state index contributed by atoms with van der Waals surface area (Å²) >= 11 is 0. The number of furan rings is 1. The molecule has 0 unspecified atom stereocenters.